The Kier molecular flexibility index (Phi) is 7.30. The molecule has 2 aromatic heterocycles. The zero-order valence-corrected chi connectivity index (χ0v) is 17.9. The van der Waals surface area contributed by atoms with Crippen molar-refractivity contribution in [2.24, 2.45) is 5.92 Å². The van der Waals surface area contributed by atoms with Gasteiger partial charge in [0.15, 0.2) is 0 Å². The zero-order valence-electron chi connectivity index (χ0n) is 17.9. The fraction of sp³-hybridized carbons (Fsp3) is 0.565. The molecule has 8 heteroatoms. The first kappa shape index (κ1) is 21.5. The Balaban J connectivity index is 1.23. The van der Waals surface area contributed by atoms with Crippen LogP contribution in [0.2, 0.25) is 0 Å². The summed E-state index contributed by atoms with van der Waals surface area (Å²) in [6, 6.07) is 5.88. The highest BCUT2D eigenvalue weighted by Gasteiger charge is 2.38. The van der Waals surface area contributed by atoms with Gasteiger partial charge in [-0.05, 0) is 50.2 Å². The molecule has 2 amide bonds. The van der Waals surface area contributed by atoms with Gasteiger partial charge in [-0.25, -0.2) is 4.98 Å². The maximum absolute atomic E-state index is 12.5. The largest absolute Gasteiger partial charge is 0.356 e. The number of hydrogen-bond donors (Lipinski definition) is 3. The molecule has 31 heavy (non-hydrogen) atoms. The van der Waals surface area contributed by atoms with Crippen molar-refractivity contribution in [1.82, 2.24) is 30.5 Å². The van der Waals surface area contributed by atoms with Gasteiger partial charge in [-0.15, -0.1) is 0 Å². The summed E-state index contributed by atoms with van der Waals surface area (Å²) in [6.07, 6.45) is 12.0. The average molecular weight is 425 g/mol. The molecule has 1 aliphatic carbocycles. The van der Waals surface area contributed by atoms with Gasteiger partial charge in [-0.3, -0.25) is 19.5 Å². The van der Waals surface area contributed by atoms with Crippen LogP contribution in [-0.4, -0.2) is 63.4 Å². The van der Waals surface area contributed by atoms with Crippen molar-refractivity contribution in [3.8, 4) is 0 Å². The monoisotopic (exact) mass is 424 g/mol. The number of carbonyl (C=O) groups excluding carboxylic acids is 2. The summed E-state index contributed by atoms with van der Waals surface area (Å²) < 4.78 is 0. The molecule has 1 aliphatic heterocycles. The molecule has 166 valence electrons. The highest BCUT2D eigenvalue weighted by atomic mass is 16.2. The minimum atomic E-state index is -0.135. The van der Waals surface area contributed by atoms with E-state index >= 15 is 0 Å². The normalized spacial score (nSPS) is 21.2. The van der Waals surface area contributed by atoms with Gasteiger partial charge in [0, 0.05) is 63.2 Å². The molecule has 0 spiro atoms. The molecule has 0 radical (unpaired) electrons. The Morgan fingerprint density at radius 2 is 1.94 bits per heavy atom. The Hall–Kier alpha value is -2.74. The van der Waals surface area contributed by atoms with Crippen molar-refractivity contribution in [3.05, 3.63) is 48.3 Å². The molecular weight excluding hydrogens is 392 g/mol. The fourth-order valence-electron chi connectivity index (χ4n) is 4.35. The van der Waals surface area contributed by atoms with Gasteiger partial charge < -0.3 is 15.6 Å². The fourth-order valence-corrected chi connectivity index (χ4v) is 4.35. The smallest absolute Gasteiger partial charge is 0.269 e. The van der Waals surface area contributed by atoms with Gasteiger partial charge >= 0.3 is 0 Å². The molecular formula is C23H32N6O2. The Morgan fingerprint density at radius 1 is 1.06 bits per heavy atom. The molecule has 1 saturated carbocycles. The number of aromatic nitrogens is 3. The first-order chi connectivity index (χ1) is 15.2. The zero-order chi connectivity index (χ0) is 21.5. The van der Waals surface area contributed by atoms with Crippen LogP contribution >= 0.6 is 0 Å². The van der Waals surface area contributed by atoms with Crippen molar-refractivity contribution >= 4 is 11.8 Å². The summed E-state index contributed by atoms with van der Waals surface area (Å²) in [7, 11) is 0. The molecule has 3 heterocycles. The summed E-state index contributed by atoms with van der Waals surface area (Å²) >= 11 is 0. The predicted molar refractivity (Wildman–Crippen MR) is 117 cm³/mol. The lowest BCUT2D eigenvalue weighted by Crippen LogP contribution is -2.45. The number of carbonyl (C=O) groups is 2. The molecule has 0 aromatic carbocycles. The van der Waals surface area contributed by atoms with Crippen LogP contribution < -0.4 is 10.6 Å². The molecule has 8 nitrogen and oxygen atoms in total. The standard InChI is InChI=1S/C23H32N6O2/c30-22(27-11-3-5-21-25-12-13-26-21)14-18-8-9-19(29(18)16-17-6-7-17)15-28-23(31)20-4-1-2-10-24-20/h1-2,4,10,12-13,17-19H,3,5-9,11,14-16H2,(H,25,26)(H,27,30)(H,28,31)/t18-,19+/m1/s1. The van der Waals surface area contributed by atoms with Crippen LogP contribution in [0, 0.1) is 5.92 Å². The number of likely N-dealkylation sites (tertiary alicyclic amines) is 1. The van der Waals surface area contributed by atoms with E-state index in [4.69, 9.17) is 0 Å². The van der Waals surface area contributed by atoms with Gasteiger partial charge in [0.25, 0.3) is 5.91 Å². The van der Waals surface area contributed by atoms with E-state index < -0.39 is 0 Å². The number of amides is 2. The van der Waals surface area contributed by atoms with E-state index in [1.165, 1.54) is 12.8 Å². The highest BCUT2D eigenvalue weighted by molar-refractivity contribution is 5.92. The van der Waals surface area contributed by atoms with Crippen LogP contribution in [0.3, 0.4) is 0 Å². The number of imidazole rings is 1. The summed E-state index contributed by atoms with van der Waals surface area (Å²) in [5.41, 5.74) is 0.444. The number of nitrogens with one attached hydrogen (secondary N) is 3. The summed E-state index contributed by atoms with van der Waals surface area (Å²) in [6.45, 7) is 2.29. The van der Waals surface area contributed by atoms with Gasteiger partial charge in [0.1, 0.15) is 11.5 Å². The molecule has 4 rings (SSSR count). The van der Waals surface area contributed by atoms with E-state index in [9.17, 15) is 9.59 Å². The molecule has 2 atom stereocenters. The Bertz CT molecular complexity index is 837. The van der Waals surface area contributed by atoms with E-state index in [1.807, 2.05) is 12.3 Å². The molecule has 3 N–H and O–H groups in total. The van der Waals surface area contributed by atoms with E-state index in [0.29, 0.717) is 25.2 Å². The van der Waals surface area contributed by atoms with Crippen LogP contribution in [0.5, 0.6) is 0 Å². The van der Waals surface area contributed by atoms with Crippen LogP contribution in [0.4, 0.5) is 0 Å². The van der Waals surface area contributed by atoms with Crippen molar-refractivity contribution in [1.29, 1.82) is 0 Å². The topological polar surface area (TPSA) is 103 Å². The molecule has 0 unspecified atom stereocenters. The van der Waals surface area contributed by atoms with Gasteiger partial charge in [-0.2, -0.15) is 0 Å². The third-order valence-corrected chi connectivity index (χ3v) is 6.22. The van der Waals surface area contributed by atoms with Crippen molar-refractivity contribution in [2.45, 2.75) is 57.0 Å². The number of nitrogens with zero attached hydrogens (tertiary/aromatic N) is 3. The second-order valence-electron chi connectivity index (χ2n) is 8.64. The summed E-state index contributed by atoms with van der Waals surface area (Å²) in [5.74, 6) is 1.68. The lowest BCUT2D eigenvalue weighted by Gasteiger charge is -2.30. The molecule has 2 aromatic rings. The Morgan fingerprint density at radius 3 is 2.68 bits per heavy atom. The third-order valence-electron chi connectivity index (χ3n) is 6.22. The van der Waals surface area contributed by atoms with Gasteiger partial charge in [-0.1, -0.05) is 6.07 Å². The summed E-state index contributed by atoms with van der Waals surface area (Å²) in [4.78, 5) is 38.8. The van der Waals surface area contributed by atoms with Crippen LogP contribution in [0.15, 0.2) is 36.8 Å². The first-order valence-corrected chi connectivity index (χ1v) is 11.4. The lowest BCUT2D eigenvalue weighted by molar-refractivity contribution is -0.122. The van der Waals surface area contributed by atoms with Crippen LogP contribution in [0.1, 0.15) is 54.8 Å². The maximum Gasteiger partial charge on any atom is 0.269 e. The number of hydrogen-bond acceptors (Lipinski definition) is 5. The average Bonchev–Trinajstić information content (AvgIpc) is 3.31. The van der Waals surface area contributed by atoms with Crippen molar-refractivity contribution in [3.63, 3.8) is 0 Å². The van der Waals surface area contributed by atoms with Gasteiger partial charge in [0.2, 0.25) is 5.91 Å². The number of aromatic amines is 1. The number of H-pyrrole nitrogens is 1. The van der Waals surface area contributed by atoms with E-state index in [-0.39, 0.29) is 23.9 Å². The Labute approximate surface area is 183 Å². The summed E-state index contributed by atoms with van der Waals surface area (Å²) in [5, 5.41) is 6.10. The SMILES string of the molecule is O=C(C[C@H]1CC[C@@H](CNC(=O)c2ccccn2)N1CC1CC1)NCCCc1ncc[nH]1. The second kappa shape index (κ2) is 10.5. The van der Waals surface area contributed by atoms with E-state index in [2.05, 4.69) is 30.5 Å². The molecule has 2 fully saturated rings. The third kappa shape index (κ3) is 6.37. The van der Waals surface area contributed by atoms with E-state index in [1.54, 1.807) is 24.5 Å². The molecule has 1 saturated heterocycles. The second-order valence-corrected chi connectivity index (χ2v) is 8.64. The van der Waals surface area contributed by atoms with E-state index in [0.717, 1.165) is 44.0 Å². The molecule has 0 bridgehead atoms. The highest BCUT2D eigenvalue weighted by Crippen LogP contribution is 2.35. The first-order valence-electron chi connectivity index (χ1n) is 11.4. The van der Waals surface area contributed by atoms with Crippen LogP contribution in [0.25, 0.3) is 0 Å². The lowest BCUT2D eigenvalue weighted by atomic mass is 10.1. The maximum atomic E-state index is 12.5. The predicted octanol–water partition coefficient (Wildman–Crippen LogP) is 1.92. The number of rotatable bonds is 11. The van der Waals surface area contributed by atoms with Crippen molar-refractivity contribution in [2.75, 3.05) is 19.6 Å². The minimum absolute atomic E-state index is 0.114. The van der Waals surface area contributed by atoms with Crippen LogP contribution in [-0.2, 0) is 11.2 Å². The quantitative estimate of drug-likeness (QED) is 0.478. The minimum Gasteiger partial charge on any atom is -0.356 e. The van der Waals surface area contributed by atoms with Gasteiger partial charge in [0.05, 0.1) is 0 Å². The van der Waals surface area contributed by atoms with Crippen molar-refractivity contribution < 1.29 is 9.59 Å². The molecule has 2 aliphatic rings. The number of aryl methyl sites for hydroxylation is 1. The number of pyridine rings is 1.